The van der Waals surface area contributed by atoms with Crippen molar-refractivity contribution in [3.63, 3.8) is 0 Å². The number of methoxy groups -OCH3 is 1. The van der Waals surface area contributed by atoms with Crippen LogP contribution >= 0.6 is 35.3 Å². The van der Waals surface area contributed by atoms with Gasteiger partial charge < -0.3 is 19.9 Å². The van der Waals surface area contributed by atoms with E-state index >= 15 is 0 Å². The van der Waals surface area contributed by atoms with Gasteiger partial charge in [0.25, 0.3) is 0 Å². The standard InChI is InChI=1S/C20H31N5OS.HI/c1-7-21-20(22-12-16-8-10-18(11-9-16)24(3)4)25(5)13-17-14-27-19(23-17)15(2)26-6;/h8-11,14-15H,7,12-13H2,1-6H3,(H,21,22);1H. The molecule has 0 radical (unpaired) electrons. The van der Waals surface area contributed by atoms with Crippen molar-refractivity contribution in [2.24, 2.45) is 4.99 Å². The SMILES string of the molecule is CCNC(=NCc1ccc(N(C)C)cc1)N(C)Cc1csc(C(C)OC)n1.I. The minimum absolute atomic E-state index is 0. The Bertz CT molecular complexity index is 732. The van der Waals surface area contributed by atoms with E-state index in [1.54, 1.807) is 18.4 Å². The second kappa shape index (κ2) is 12.2. The zero-order valence-electron chi connectivity index (χ0n) is 17.6. The number of hydrogen-bond acceptors (Lipinski definition) is 5. The highest BCUT2D eigenvalue weighted by Gasteiger charge is 2.12. The quantitative estimate of drug-likeness (QED) is 0.324. The molecule has 1 atom stereocenters. The molecule has 1 N–H and O–H groups in total. The summed E-state index contributed by atoms with van der Waals surface area (Å²) < 4.78 is 5.35. The number of rotatable bonds is 8. The maximum atomic E-state index is 5.35. The summed E-state index contributed by atoms with van der Waals surface area (Å²) in [6.07, 6.45) is 0.0288. The highest BCUT2D eigenvalue weighted by molar-refractivity contribution is 14.0. The van der Waals surface area contributed by atoms with Crippen LogP contribution in [0.15, 0.2) is 34.6 Å². The highest BCUT2D eigenvalue weighted by atomic mass is 127. The molecule has 0 aliphatic carbocycles. The highest BCUT2D eigenvalue weighted by Crippen LogP contribution is 2.21. The van der Waals surface area contributed by atoms with E-state index in [0.29, 0.717) is 13.1 Å². The van der Waals surface area contributed by atoms with E-state index < -0.39 is 0 Å². The van der Waals surface area contributed by atoms with Crippen LogP contribution in [0, 0.1) is 0 Å². The molecule has 0 fully saturated rings. The first kappa shape index (κ1) is 24.6. The van der Waals surface area contributed by atoms with Gasteiger partial charge >= 0.3 is 0 Å². The molecule has 0 saturated heterocycles. The zero-order valence-corrected chi connectivity index (χ0v) is 20.7. The minimum atomic E-state index is 0. The average Bonchev–Trinajstić information content (AvgIpc) is 3.13. The van der Waals surface area contributed by atoms with Crippen molar-refractivity contribution in [2.75, 3.05) is 39.7 Å². The molecule has 2 rings (SSSR count). The smallest absolute Gasteiger partial charge is 0.194 e. The Kier molecular flexibility index (Phi) is 10.8. The summed E-state index contributed by atoms with van der Waals surface area (Å²) in [4.78, 5) is 13.7. The van der Waals surface area contributed by atoms with Crippen molar-refractivity contribution in [1.29, 1.82) is 0 Å². The van der Waals surface area contributed by atoms with Crippen molar-refractivity contribution in [1.82, 2.24) is 15.2 Å². The van der Waals surface area contributed by atoms with Crippen molar-refractivity contribution in [3.8, 4) is 0 Å². The van der Waals surface area contributed by atoms with Crippen LogP contribution in [0.4, 0.5) is 5.69 Å². The molecule has 0 bridgehead atoms. The van der Waals surface area contributed by atoms with E-state index in [-0.39, 0.29) is 30.1 Å². The number of nitrogens with zero attached hydrogens (tertiary/aromatic N) is 4. The Balaban J connectivity index is 0.00000392. The summed E-state index contributed by atoms with van der Waals surface area (Å²) in [6.45, 7) is 6.27. The summed E-state index contributed by atoms with van der Waals surface area (Å²) in [7, 11) is 7.83. The van der Waals surface area contributed by atoms with Crippen LogP contribution in [0.3, 0.4) is 0 Å². The predicted molar refractivity (Wildman–Crippen MR) is 130 cm³/mol. The summed E-state index contributed by atoms with van der Waals surface area (Å²) in [5.74, 6) is 0.878. The van der Waals surface area contributed by atoms with E-state index in [2.05, 4.69) is 56.7 Å². The lowest BCUT2D eigenvalue weighted by Gasteiger charge is -2.21. The molecule has 1 unspecified atom stereocenters. The third kappa shape index (κ3) is 7.21. The molecule has 0 amide bonds. The molecule has 156 valence electrons. The number of aromatic nitrogens is 1. The van der Waals surface area contributed by atoms with Crippen LogP contribution in [0.1, 0.15) is 36.2 Å². The molecular formula is C20H32IN5OS. The fourth-order valence-corrected chi connectivity index (χ4v) is 3.38. The van der Waals surface area contributed by atoms with Crippen molar-refractivity contribution >= 4 is 47.0 Å². The number of ether oxygens (including phenoxy) is 1. The molecule has 0 aliphatic heterocycles. The lowest BCUT2D eigenvalue weighted by atomic mass is 10.2. The summed E-state index contributed by atoms with van der Waals surface area (Å²) in [5.41, 5.74) is 3.41. The number of hydrogen-bond donors (Lipinski definition) is 1. The first-order valence-electron chi connectivity index (χ1n) is 9.17. The second-order valence-electron chi connectivity index (χ2n) is 6.64. The first-order valence-corrected chi connectivity index (χ1v) is 10.0. The number of thiazole rings is 1. The minimum Gasteiger partial charge on any atom is -0.378 e. The van der Waals surface area contributed by atoms with E-state index in [0.717, 1.165) is 23.2 Å². The van der Waals surface area contributed by atoms with Crippen LogP contribution in [-0.4, -0.2) is 50.6 Å². The molecule has 1 aromatic carbocycles. The molecule has 1 aromatic heterocycles. The zero-order chi connectivity index (χ0) is 19.8. The van der Waals surface area contributed by atoms with E-state index in [1.165, 1.54) is 11.3 Å². The van der Waals surface area contributed by atoms with Gasteiger partial charge in [-0.25, -0.2) is 9.98 Å². The van der Waals surface area contributed by atoms with Gasteiger partial charge in [-0.15, -0.1) is 35.3 Å². The fourth-order valence-electron chi connectivity index (χ4n) is 2.54. The molecule has 28 heavy (non-hydrogen) atoms. The monoisotopic (exact) mass is 517 g/mol. The maximum absolute atomic E-state index is 5.35. The van der Waals surface area contributed by atoms with E-state index in [1.807, 2.05) is 28.1 Å². The van der Waals surface area contributed by atoms with Crippen LogP contribution in [0.2, 0.25) is 0 Å². The maximum Gasteiger partial charge on any atom is 0.194 e. The molecule has 1 heterocycles. The fraction of sp³-hybridized carbons (Fsp3) is 0.500. The topological polar surface area (TPSA) is 53.0 Å². The number of nitrogens with one attached hydrogen (secondary N) is 1. The summed E-state index contributed by atoms with van der Waals surface area (Å²) in [6, 6.07) is 8.49. The molecule has 0 saturated carbocycles. The normalized spacial score (nSPS) is 12.3. The van der Waals surface area contributed by atoms with Gasteiger partial charge in [0.15, 0.2) is 5.96 Å². The molecule has 0 spiro atoms. The predicted octanol–water partition coefficient (Wildman–Crippen LogP) is 4.13. The average molecular weight is 517 g/mol. The van der Waals surface area contributed by atoms with Crippen molar-refractivity contribution < 1.29 is 4.74 Å². The molecule has 6 nitrogen and oxygen atoms in total. The Hall–Kier alpha value is -1.39. The van der Waals surface area contributed by atoms with Crippen LogP contribution < -0.4 is 10.2 Å². The Morgan fingerprint density at radius 2 is 1.93 bits per heavy atom. The van der Waals surface area contributed by atoms with Crippen molar-refractivity contribution in [3.05, 3.63) is 45.9 Å². The first-order chi connectivity index (χ1) is 12.9. The third-order valence-corrected chi connectivity index (χ3v) is 5.29. The molecule has 0 aliphatic rings. The van der Waals surface area contributed by atoms with Gasteiger partial charge in [0, 0.05) is 45.9 Å². The Morgan fingerprint density at radius 3 is 2.50 bits per heavy atom. The van der Waals surface area contributed by atoms with E-state index in [4.69, 9.17) is 9.73 Å². The number of guanidine groups is 1. The Morgan fingerprint density at radius 1 is 1.25 bits per heavy atom. The molecular weight excluding hydrogens is 485 g/mol. The lowest BCUT2D eigenvalue weighted by Crippen LogP contribution is -2.38. The Labute approximate surface area is 190 Å². The number of benzene rings is 1. The van der Waals surface area contributed by atoms with Crippen LogP contribution in [0.25, 0.3) is 0 Å². The summed E-state index contributed by atoms with van der Waals surface area (Å²) >= 11 is 1.64. The largest absolute Gasteiger partial charge is 0.378 e. The van der Waals surface area contributed by atoms with Crippen LogP contribution in [-0.2, 0) is 17.8 Å². The van der Waals surface area contributed by atoms with Gasteiger partial charge in [0.2, 0.25) is 0 Å². The van der Waals surface area contributed by atoms with Crippen LogP contribution in [0.5, 0.6) is 0 Å². The van der Waals surface area contributed by atoms with Gasteiger partial charge in [-0.3, -0.25) is 0 Å². The molecule has 8 heteroatoms. The van der Waals surface area contributed by atoms with Crippen molar-refractivity contribution in [2.45, 2.75) is 33.0 Å². The second-order valence-corrected chi connectivity index (χ2v) is 7.53. The lowest BCUT2D eigenvalue weighted by molar-refractivity contribution is 0.119. The summed E-state index contributed by atoms with van der Waals surface area (Å²) in [5, 5.41) is 6.45. The third-order valence-electron chi connectivity index (χ3n) is 4.23. The van der Waals surface area contributed by atoms with E-state index in [9.17, 15) is 0 Å². The van der Waals surface area contributed by atoms with Gasteiger partial charge in [-0.2, -0.15) is 0 Å². The molecule has 2 aromatic rings. The number of anilines is 1. The van der Waals surface area contributed by atoms with Gasteiger partial charge in [-0.1, -0.05) is 12.1 Å². The van der Waals surface area contributed by atoms with Gasteiger partial charge in [0.05, 0.1) is 18.8 Å². The number of aliphatic imine (C=N–C) groups is 1. The van der Waals surface area contributed by atoms with Gasteiger partial charge in [-0.05, 0) is 31.5 Å². The van der Waals surface area contributed by atoms with Gasteiger partial charge in [0.1, 0.15) is 11.1 Å². The number of halogens is 1.